The lowest BCUT2D eigenvalue weighted by atomic mass is 10.1. The number of hydrogen-bond donors (Lipinski definition) is 0. The fourth-order valence-electron chi connectivity index (χ4n) is 3.36. The molecule has 2 amide bonds. The van der Waals surface area contributed by atoms with E-state index in [1.165, 1.54) is 0 Å². The van der Waals surface area contributed by atoms with Gasteiger partial charge in [0.2, 0.25) is 12.7 Å². The molecule has 0 spiro atoms. The van der Waals surface area contributed by atoms with Gasteiger partial charge in [-0.05, 0) is 32.0 Å². The molecular formula is C19H21N3O4S. The van der Waals surface area contributed by atoms with Gasteiger partial charge in [-0.15, -0.1) is 11.3 Å². The molecule has 0 saturated carbocycles. The molecule has 4 rings (SSSR count). The number of aromatic nitrogens is 1. The number of fused-ring (bicyclic) bond motifs is 1. The summed E-state index contributed by atoms with van der Waals surface area (Å²) in [6.45, 7) is 6.23. The highest BCUT2D eigenvalue weighted by molar-refractivity contribution is 7.11. The number of benzene rings is 1. The Bertz CT molecular complexity index is 887. The molecule has 142 valence electrons. The number of nitrogens with zero attached hydrogens (tertiary/aromatic N) is 3. The van der Waals surface area contributed by atoms with Gasteiger partial charge in [-0.3, -0.25) is 9.59 Å². The van der Waals surface area contributed by atoms with Crippen LogP contribution in [0.5, 0.6) is 11.5 Å². The van der Waals surface area contributed by atoms with Gasteiger partial charge in [0.05, 0.1) is 17.1 Å². The summed E-state index contributed by atoms with van der Waals surface area (Å²) in [7, 11) is 0. The van der Waals surface area contributed by atoms with Crippen LogP contribution < -0.4 is 9.47 Å². The highest BCUT2D eigenvalue weighted by atomic mass is 32.1. The molecular weight excluding hydrogens is 366 g/mol. The van der Waals surface area contributed by atoms with Crippen molar-refractivity contribution in [3.63, 3.8) is 0 Å². The minimum Gasteiger partial charge on any atom is -0.454 e. The zero-order chi connectivity index (χ0) is 19.0. The van der Waals surface area contributed by atoms with E-state index in [-0.39, 0.29) is 18.6 Å². The molecule has 1 aromatic carbocycles. The summed E-state index contributed by atoms with van der Waals surface area (Å²) in [5.74, 6) is 1.31. The van der Waals surface area contributed by atoms with Gasteiger partial charge in [0, 0.05) is 36.6 Å². The van der Waals surface area contributed by atoms with E-state index in [4.69, 9.17) is 9.47 Å². The number of hydrogen-bond acceptors (Lipinski definition) is 6. The average molecular weight is 387 g/mol. The van der Waals surface area contributed by atoms with E-state index in [9.17, 15) is 9.59 Å². The highest BCUT2D eigenvalue weighted by Crippen LogP contribution is 2.32. The van der Waals surface area contributed by atoms with Crippen LogP contribution in [0.3, 0.4) is 0 Å². The maximum Gasteiger partial charge on any atom is 0.254 e. The van der Waals surface area contributed by atoms with Crippen molar-refractivity contribution in [2.45, 2.75) is 20.3 Å². The molecule has 2 aromatic rings. The predicted octanol–water partition coefficient (Wildman–Crippen LogP) is 2.02. The fourth-order valence-corrected chi connectivity index (χ4v) is 4.29. The largest absolute Gasteiger partial charge is 0.454 e. The van der Waals surface area contributed by atoms with Crippen LogP contribution in [0.2, 0.25) is 0 Å². The third-order valence-electron chi connectivity index (χ3n) is 4.85. The van der Waals surface area contributed by atoms with Crippen molar-refractivity contribution in [3.05, 3.63) is 39.3 Å². The van der Waals surface area contributed by atoms with E-state index >= 15 is 0 Å². The quantitative estimate of drug-likeness (QED) is 0.806. The first-order chi connectivity index (χ1) is 13.0. The van der Waals surface area contributed by atoms with Gasteiger partial charge >= 0.3 is 0 Å². The van der Waals surface area contributed by atoms with Crippen LogP contribution in [0.4, 0.5) is 0 Å². The Balaban J connectivity index is 1.35. The molecule has 0 atom stereocenters. The Hall–Kier alpha value is -2.61. The molecule has 0 unspecified atom stereocenters. The summed E-state index contributed by atoms with van der Waals surface area (Å²) in [6.07, 6.45) is 0.382. The molecule has 2 aliphatic heterocycles. The summed E-state index contributed by atoms with van der Waals surface area (Å²) in [4.78, 5) is 34.3. The van der Waals surface area contributed by atoms with Crippen LogP contribution in [-0.4, -0.2) is 59.6 Å². The standard InChI is InChI=1S/C19H21N3O4S/c1-12-17(27-13(2)20-12)10-18(23)21-5-7-22(8-6-21)19(24)14-3-4-15-16(9-14)26-11-25-15/h3-4,9H,5-8,10-11H2,1-2H3. The minimum atomic E-state index is -0.0469. The van der Waals surface area contributed by atoms with E-state index in [1.54, 1.807) is 34.4 Å². The van der Waals surface area contributed by atoms with Gasteiger partial charge in [-0.25, -0.2) is 4.98 Å². The zero-order valence-corrected chi connectivity index (χ0v) is 16.2. The van der Waals surface area contributed by atoms with Crippen molar-refractivity contribution in [3.8, 4) is 11.5 Å². The predicted molar refractivity (Wildman–Crippen MR) is 100 cm³/mol. The molecule has 0 aliphatic carbocycles. The molecule has 1 fully saturated rings. The van der Waals surface area contributed by atoms with E-state index < -0.39 is 0 Å². The van der Waals surface area contributed by atoms with Crippen molar-refractivity contribution in [2.24, 2.45) is 0 Å². The van der Waals surface area contributed by atoms with Crippen molar-refractivity contribution in [2.75, 3.05) is 33.0 Å². The Labute approximate surface area is 161 Å². The molecule has 2 aliphatic rings. The van der Waals surface area contributed by atoms with Gasteiger partial charge in [-0.1, -0.05) is 0 Å². The monoisotopic (exact) mass is 387 g/mol. The molecule has 7 nitrogen and oxygen atoms in total. The second kappa shape index (κ2) is 7.19. The number of thiazole rings is 1. The first-order valence-corrected chi connectivity index (χ1v) is 9.72. The number of carbonyl (C=O) groups is 2. The summed E-state index contributed by atoms with van der Waals surface area (Å²) in [6, 6.07) is 5.23. The summed E-state index contributed by atoms with van der Waals surface area (Å²) < 4.78 is 10.6. The second-order valence-corrected chi connectivity index (χ2v) is 7.95. The van der Waals surface area contributed by atoms with Gasteiger partial charge in [0.25, 0.3) is 5.91 Å². The number of rotatable bonds is 3. The summed E-state index contributed by atoms with van der Waals surface area (Å²) in [5.41, 5.74) is 1.51. The first kappa shape index (κ1) is 17.8. The van der Waals surface area contributed by atoms with E-state index in [0.29, 0.717) is 49.7 Å². The number of piperazine rings is 1. The van der Waals surface area contributed by atoms with Crippen molar-refractivity contribution < 1.29 is 19.1 Å². The molecule has 0 N–H and O–H groups in total. The molecule has 3 heterocycles. The minimum absolute atomic E-state index is 0.0469. The van der Waals surface area contributed by atoms with Gasteiger partial charge in [-0.2, -0.15) is 0 Å². The molecule has 8 heteroatoms. The Morgan fingerprint density at radius 1 is 1.07 bits per heavy atom. The van der Waals surface area contributed by atoms with Crippen LogP contribution in [0.15, 0.2) is 18.2 Å². The maximum absolute atomic E-state index is 12.7. The number of ether oxygens (including phenoxy) is 2. The molecule has 0 radical (unpaired) electrons. The van der Waals surface area contributed by atoms with Crippen molar-refractivity contribution >= 4 is 23.2 Å². The average Bonchev–Trinajstić information content (AvgIpc) is 3.26. The highest BCUT2D eigenvalue weighted by Gasteiger charge is 2.26. The van der Waals surface area contributed by atoms with Gasteiger partial charge in [0.1, 0.15) is 0 Å². The number of carbonyl (C=O) groups excluding carboxylic acids is 2. The lowest BCUT2D eigenvalue weighted by Gasteiger charge is -2.34. The van der Waals surface area contributed by atoms with E-state index in [2.05, 4.69) is 4.98 Å². The SMILES string of the molecule is Cc1nc(C)c(CC(=O)N2CCN(C(=O)c3ccc4c(c3)OCO4)CC2)s1. The van der Waals surface area contributed by atoms with Crippen LogP contribution in [0.1, 0.15) is 25.9 Å². The Morgan fingerprint density at radius 3 is 2.48 bits per heavy atom. The second-order valence-electron chi connectivity index (χ2n) is 6.66. The third kappa shape index (κ3) is 3.62. The van der Waals surface area contributed by atoms with Crippen molar-refractivity contribution in [1.29, 1.82) is 0 Å². The molecule has 1 saturated heterocycles. The molecule has 0 bridgehead atoms. The fraction of sp³-hybridized carbons (Fsp3) is 0.421. The molecule has 1 aromatic heterocycles. The zero-order valence-electron chi connectivity index (χ0n) is 15.4. The van der Waals surface area contributed by atoms with E-state index in [1.807, 2.05) is 18.7 Å². The molecule has 27 heavy (non-hydrogen) atoms. The smallest absolute Gasteiger partial charge is 0.254 e. The third-order valence-corrected chi connectivity index (χ3v) is 5.92. The van der Waals surface area contributed by atoms with Crippen LogP contribution in [-0.2, 0) is 11.2 Å². The Kier molecular flexibility index (Phi) is 4.73. The van der Waals surface area contributed by atoms with Crippen molar-refractivity contribution in [1.82, 2.24) is 14.8 Å². The lowest BCUT2D eigenvalue weighted by Crippen LogP contribution is -2.51. The summed E-state index contributed by atoms with van der Waals surface area (Å²) in [5, 5.41) is 0.981. The van der Waals surface area contributed by atoms with Crippen LogP contribution in [0.25, 0.3) is 0 Å². The van der Waals surface area contributed by atoms with Gasteiger partial charge < -0.3 is 19.3 Å². The van der Waals surface area contributed by atoms with E-state index in [0.717, 1.165) is 15.6 Å². The maximum atomic E-state index is 12.7. The summed E-state index contributed by atoms with van der Waals surface area (Å²) >= 11 is 1.57. The first-order valence-electron chi connectivity index (χ1n) is 8.91. The van der Waals surface area contributed by atoms with Crippen LogP contribution >= 0.6 is 11.3 Å². The lowest BCUT2D eigenvalue weighted by molar-refractivity contribution is -0.131. The number of aryl methyl sites for hydroxylation is 2. The number of amides is 2. The van der Waals surface area contributed by atoms with Crippen LogP contribution in [0, 0.1) is 13.8 Å². The van der Waals surface area contributed by atoms with Gasteiger partial charge in [0.15, 0.2) is 11.5 Å². The normalized spacial score (nSPS) is 15.9. The Morgan fingerprint density at radius 2 is 1.78 bits per heavy atom. The topological polar surface area (TPSA) is 72.0 Å².